The van der Waals surface area contributed by atoms with Crippen molar-refractivity contribution < 1.29 is 13.6 Å². The topological polar surface area (TPSA) is 87.4 Å². The van der Waals surface area contributed by atoms with Crippen LogP contribution in [0.2, 0.25) is 0 Å². The highest BCUT2D eigenvalue weighted by atomic mass is 19.3. The van der Waals surface area contributed by atoms with Crippen LogP contribution in [-0.2, 0) is 19.6 Å². The summed E-state index contributed by atoms with van der Waals surface area (Å²) in [4.78, 5) is 25.2. The summed E-state index contributed by atoms with van der Waals surface area (Å²) >= 11 is 0. The number of amides is 2. The summed E-state index contributed by atoms with van der Waals surface area (Å²) in [6.07, 6.45) is 1.72. The lowest BCUT2D eigenvalue weighted by Gasteiger charge is -2.38. The summed E-state index contributed by atoms with van der Waals surface area (Å²) in [6.45, 7) is 2.73. The normalized spacial score (nSPS) is 16.9. The minimum absolute atomic E-state index is 0.240. The molecule has 3 N–H and O–H groups in total. The minimum Gasteiger partial charge on any atom is -0.396 e. The molecule has 1 saturated heterocycles. The number of carbonyl (C=O) groups is 1. The van der Waals surface area contributed by atoms with Crippen LogP contribution < -0.4 is 11.1 Å². The molecule has 9 heteroatoms. The molecule has 4 heterocycles. The van der Waals surface area contributed by atoms with Crippen LogP contribution in [0.3, 0.4) is 0 Å². The largest absolute Gasteiger partial charge is 0.396 e. The molecule has 2 aliphatic rings. The van der Waals surface area contributed by atoms with Crippen LogP contribution in [0.25, 0.3) is 11.3 Å². The maximum Gasteiger partial charge on any atom is 0.323 e. The molecule has 0 unspecified atom stereocenters. The average molecular weight is 450 g/mol. The van der Waals surface area contributed by atoms with Crippen molar-refractivity contribution >= 4 is 17.5 Å². The molecule has 1 fully saturated rings. The van der Waals surface area contributed by atoms with E-state index in [9.17, 15) is 13.6 Å². The number of aryl methyl sites for hydroxylation is 1. The molecule has 0 saturated carbocycles. The number of hydrogen-bond donors (Lipinski definition) is 2. The van der Waals surface area contributed by atoms with Crippen LogP contribution in [0.4, 0.5) is 25.1 Å². The fourth-order valence-corrected chi connectivity index (χ4v) is 4.15. The van der Waals surface area contributed by atoms with Gasteiger partial charge in [-0.3, -0.25) is 15.2 Å². The van der Waals surface area contributed by atoms with Gasteiger partial charge in [-0.05, 0) is 36.2 Å². The zero-order valence-corrected chi connectivity index (χ0v) is 18.2. The standard InChI is InChI=1S/C24H24F2N6O/c1-15-2-4-16(5-3-15)21-7-6-20(27)22(29-21)30-23(33)32-10-17-8-19(28-9-18(17)11-32)12-31-13-24(25,26)14-31/h2-9H,10-14,27H2,1H3,(H,29,30,33). The molecule has 5 rings (SSSR count). The SMILES string of the molecule is Cc1ccc(-c2ccc(N)c(NC(=O)N3Cc4cnc(CN5CC(F)(F)C5)cc4C3)n2)cc1. The van der Waals surface area contributed by atoms with Crippen molar-refractivity contribution in [1.29, 1.82) is 0 Å². The first-order valence-corrected chi connectivity index (χ1v) is 10.7. The van der Waals surface area contributed by atoms with Crippen molar-refractivity contribution in [3.63, 3.8) is 0 Å². The van der Waals surface area contributed by atoms with E-state index < -0.39 is 5.92 Å². The molecule has 3 aromatic rings. The van der Waals surface area contributed by atoms with Gasteiger partial charge in [0, 0.05) is 31.4 Å². The molecule has 2 aromatic heterocycles. The van der Waals surface area contributed by atoms with E-state index in [0.717, 1.165) is 33.6 Å². The van der Waals surface area contributed by atoms with E-state index >= 15 is 0 Å². The van der Waals surface area contributed by atoms with Gasteiger partial charge in [-0.2, -0.15) is 0 Å². The number of fused-ring (bicyclic) bond motifs is 1. The number of pyridine rings is 2. The van der Waals surface area contributed by atoms with E-state index in [1.165, 1.54) is 0 Å². The van der Waals surface area contributed by atoms with Crippen molar-refractivity contribution in [2.75, 3.05) is 24.1 Å². The van der Waals surface area contributed by atoms with Gasteiger partial charge in [0.1, 0.15) is 0 Å². The summed E-state index contributed by atoms with van der Waals surface area (Å²) in [5.74, 6) is -2.29. The van der Waals surface area contributed by atoms with Crippen LogP contribution in [0.15, 0.2) is 48.7 Å². The molecule has 7 nitrogen and oxygen atoms in total. The molecule has 2 aliphatic heterocycles. The number of nitrogens with one attached hydrogen (secondary N) is 1. The molecule has 0 atom stereocenters. The Balaban J connectivity index is 1.25. The number of benzene rings is 1. The van der Waals surface area contributed by atoms with Gasteiger partial charge in [-0.1, -0.05) is 29.8 Å². The number of aromatic nitrogens is 2. The monoisotopic (exact) mass is 450 g/mol. The Bertz CT molecular complexity index is 1210. The first kappa shape index (κ1) is 21.3. The fourth-order valence-electron chi connectivity index (χ4n) is 4.15. The highest BCUT2D eigenvalue weighted by Crippen LogP contribution is 2.30. The zero-order valence-electron chi connectivity index (χ0n) is 18.2. The number of halogens is 2. The third kappa shape index (κ3) is 4.49. The number of urea groups is 1. The lowest BCUT2D eigenvalue weighted by atomic mass is 10.1. The summed E-state index contributed by atoms with van der Waals surface area (Å²) in [5, 5.41) is 2.82. The summed E-state index contributed by atoms with van der Waals surface area (Å²) in [5.41, 5.74) is 11.9. The van der Waals surface area contributed by atoms with Gasteiger partial charge in [0.2, 0.25) is 0 Å². The Morgan fingerprint density at radius 3 is 2.58 bits per heavy atom. The van der Waals surface area contributed by atoms with Crippen LogP contribution in [0.5, 0.6) is 0 Å². The number of rotatable bonds is 4. The highest BCUT2D eigenvalue weighted by molar-refractivity contribution is 5.92. The van der Waals surface area contributed by atoms with Crippen molar-refractivity contribution in [2.24, 2.45) is 0 Å². The average Bonchev–Trinajstić information content (AvgIpc) is 3.18. The zero-order chi connectivity index (χ0) is 23.2. The molecule has 0 bridgehead atoms. The van der Waals surface area contributed by atoms with E-state index in [-0.39, 0.29) is 19.1 Å². The van der Waals surface area contributed by atoms with Gasteiger partial charge in [-0.15, -0.1) is 0 Å². The maximum atomic E-state index is 13.1. The third-order valence-corrected chi connectivity index (χ3v) is 5.94. The third-order valence-electron chi connectivity index (χ3n) is 5.94. The quantitative estimate of drug-likeness (QED) is 0.627. The van der Waals surface area contributed by atoms with E-state index in [2.05, 4.69) is 15.3 Å². The Morgan fingerprint density at radius 1 is 1.12 bits per heavy atom. The number of nitrogens with zero attached hydrogens (tertiary/aromatic N) is 4. The number of anilines is 2. The Kier molecular flexibility index (Phi) is 5.20. The number of carbonyl (C=O) groups excluding carboxylic acids is 1. The van der Waals surface area contributed by atoms with Crippen molar-refractivity contribution in [3.8, 4) is 11.3 Å². The highest BCUT2D eigenvalue weighted by Gasteiger charge is 2.43. The maximum absolute atomic E-state index is 13.1. The summed E-state index contributed by atoms with van der Waals surface area (Å²) in [7, 11) is 0. The van der Waals surface area contributed by atoms with Gasteiger partial charge in [0.05, 0.1) is 30.2 Å². The Morgan fingerprint density at radius 2 is 1.85 bits per heavy atom. The van der Waals surface area contributed by atoms with Crippen LogP contribution in [0.1, 0.15) is 22.4 Å². The van der Waals surface area contributed by atoms with E-state index in [1.807, 2.05) is 43.3 Å². The minimum atomic E-state index is -2.60. The van der Waals surface area contributed by atoms with Gasteiger partial charge in [0.15, 0.2) is 5.82 Å². The number of hydrogen-bond acceptors (Lipinski definition) is 5. The summed E-state index contributed by atoms with van der Waals surface area (Å²) in [6, 6.07) is 13.1. The Labute approximate surface area is 190 Å². The lowest BCUT2D eigenvalue weighted by molar-refractivity contribution is -0.134. The molecule has 1 aromatic carbocycles. The molecule has 0 spiro atoms. The number of nitrogens with two attached hydrogens (primary N) is 1. The van der Waals surface area contributed by atoms with Crippen LogP contribution >= 0.6 is 0 Å². The van der Waals surface area contributed by atoms with Gasteiger partial charge in [-0.25, -0.2) is 18.6 Å². The molecular formula is C24H24F2N6O. The van der Waals surface area contributed by atoms with E-state index in [4.69, 9.17) is 5.73 Å². The predicted molar refractivity (Wildman–Crippen MR) is 122 cm³/mol. The number of nitrogen functional groups attached to an aromatic ring is 1. The van der Waals surface area contributed by atoms with Crippen molar-refractivity contribution in [2.45, 2.75) is 32.5 Å². The first-order chi connectivity index (χ1) is 15.8. The summed E-state index contributed by atoms with van der Waals surface area (Å²) < 4.78 is 26.1. The second-order valence-electron chi connectivity index (χ2n) is 8.73. The molecular weight excluding hydrogens is 426 g/mol. The smallest absolute Gasteiger partial charge is 0.323 e. The fraction of sp³-hybridized carbons (Fsp3) is 0.292. The molecule has 0 aliphatic carbocycles. The van der Waals surface area contributed by atoms with Gasteiger partial charge >= 0.3 is 6.03 Å². The van der Waals surface area contributed by atoms with Gasteiger partial charge in [0.25, 0.3) is 5.92 Å². The van der Waals surface area contributed by atoms with Crippen molar-refractivity contribution in [3.05, 3.63) is 71.0 Å². The molecule has 170 valence electrons. The Hall–Kier alpha value is -3.59. The van der Waals surface area contributed by atoms with E-state index in [1.54, 1.807) is 22.1 Å². The second kappa shape index (κ2) is 8.08. The van der Waals surface area contributed by atoms with Gasteiger partial charge < -0.3 is 10.6 Å². The van der Waals surface area contributed by atoms with Crippen LogP contribution in [0, 0.1) is 6.92 Å². The molecule has 33 heavy (non-hydrogen) atoms. The lowest BCUT2D eigenvalue weighted by Crippen LogP contribution is -2.55. The van der Waals surface area contributed by atoms with E-state index in [0.29, 0.717) is 31.1 Å². The predicted octanol–water partition coefficient (Wildman–Crippen LogP) is 4.03. The number of alkyl halides is 2. The number of likely N-dealkylation sites (tertiary alicyclic amines) is 1. The van der Waals surface area contributed by atoms with Crippen molar-refractivity contribution in [1.82, 2.24) is 19.8 Å². The second-order valence-corrected chi connectivity index (χ2v) is 8.73. The molecule has 2 amide bonds. The van der Waals surface area contributed by atoms with Crippen LogP contribution in [-0.4, -0.2) is 44.8 Å². The molecule has 0 radical (unpaired) electrons. The first-order valence-electron chi connectivity index (χ1n) is 10.7.